The van der Waals surface area contributed by atoms with Crippen molar-refractivity contribution in [2.24, 2.45) is 11.3 Å². The van der Waals surface area contributed by atoms with Crippen molar-refractivity contribution >= 4 is 5.91 Å². The molecule has 2 N–H and O–H groups in total. The molecule has 0 aromatic heterocycles. The van der Waals surface area contributed by atoms with Gasteiger partial charge in [0.05, 0.1) is 5.41 Å². The molecule has 4 nitrogen and oxygen atoms in total. The lowest BCUT2D eigenvalue weighted by Gasteiger charge is -2.32. The first kappa shape index (κ1) is 18.4. The van der Waals surface area contributed by atoms with Crippen molar-refractivity contribution in [3.63, 3.8) is 0 Å². The van der Waals surface area contributed by atoms with Gasteiger partial charge in [-0.15, -0.1) is 0 Å². The van der Waals surface area contributed by atoms with Crippen LogP contribution >= 0.6 is 0 Å². The second-order valence-corrected chi connectivity index (χ2v) is 6.78. The van der Waals surface area contributed by atoms with Gasteiger partial charge in [0, 0.05) is 12.6 Å². The van der Waals surface area contributed by atoms with Gasteiger partial charge in [0.1, 0.15) is 0 Å². The molecule has 1 aliphatic rings. The molecule has 0 radical (unpaired) electrons. The van der Waals surface area contributed by atoms with Crippen LogP contribution in [0.5, 0.6) is 0 Å². The second kappa shape index (κ2) is 8.74. The zero-order valence-corrected chi connectivity index (χ0v) is 14.7. The van der Waals surface area contributed by atoms with Crippen molar-refractivity contribution in [3.05, 3.63) is 0 Å². The van der Waals surface area contributed by atoms with Crippen LogP contribution < -0.4 is 10.6 Å². The molecule has 2 unspecified atom stereocenters. The van der Waals surface area contributed by atoms with Crippen molar-refractivity contribution < 1.29 is 4.79 Å². The summed E-state index contributed by atoms with van der Waals surface area (Å²) in [5, 5.41) is 6.61. The van der Waals surface area contributed by atoms with Crippen LogP contribution in [0.1, 0.15) is 53.9 Å². The van der Waals surface area contributed by atoms with Crippen LogP contribution in [0.25, 0.3) is 0 Å². The second-order valence-electron chi connectivity index (χ2n) is 6.78. The summed E-state index contributed by atoms with van der Waals surface area (Å²) in [6, 6.07) is 0.268. The third kappa shape index (κ3) is 4.96. The largest absolute Gasteiger partial charge is 0.353 e. The quantitative estimate of drug-likeness (QED) is 0.686. The first-order chi connectivity index (χ1) is 9.96. The topological polar surface area (TPSA) is 44.4 Å². The van der Waals surface area contributed by atoms with E-state index in [2.05, 4.69) is 50.2 Å². The van der Waals surface area contributed by atoms with E-state index in [1.54, 1.807) is 0 Å². The first-order valence-electron chi connectivity index (χ1n) is 8.70. The highest BCUT2D eigenvalue weighted by Gasteiger charge is 2.43. The Balaban J connectivity index is 2.39. The van der Waals surface area contributed by atoms with E-state index in [0.717, 1.165) is 52.0 Å². The fourth-order valence-corrected chi connectivity index (χ4v) is 3.26. The van der Waals surface area contributed by atoms with Crippen LogP contribution in [-0.4, -0.2) is 49.6 Å². The summed E-state index contributed by atoms with van der Waals surface area (Å²) in [6.07, 6.45) is 3.17. The Labute approximate surface area is 131 Å². The molecule has 0 bridgehead atoms. The highest BCUT2D eigenvalue weighted by Crippen LogP contribution is 2.34. The van der Waals surface area contributed by atoms with Crippen molar-refractivity contribution in [3.8, 4) is 0 Å². The molecule has 0 aromatic rings. The number of carbonyl (C=O) groups excluding carboxylic acids is 1. The predicted octanol–water partition coefficient (Wildman–Crippen LogP) is 2.25. The molecule has 2 atom stereocenters. The van der Waals surface area contributed by atoms with Crippen LogP contribution in [0.15, 0.2) is 0 Å². The molecular weight excluding hydrogens is 262 g/mol. The molecule has 1 amide bonds. The maximum Gasteiger partial charge on any atom is 0.228 e. The van der Waals surface area contributed by atoms with Gasteiger partial charge in [0.25, 0.3) is 0 Å². The van der Waals surface area contributed by atoms with Crippen LogP contribution in [0, 0.1) is 11.3 Å². The fourth-order valence-electron chi connectivity index (χ4n) is 3.26. The Kier molecular flexibility index (Phi) is 7.67. The minimum absolute atomic E-state index is 0.201. The van der Waals surface area contributed by atoms with Crippen molar-refractivity contribution in [1.82, 2.24) is 15.5 Å². The molecule has 0 spiro atoms. The molecule has 1 fully saturated rings. The summed E-state index contributed by atoms with van der Waals surface area (Å²) in [7, 11) is 0. The van der Waals surface area contributed by atoms with Crippen LogP contribution in [0.4, 0.5) is 0 Å². The monoisotopic (exact) mass is 297 g/mol. The molecule has 1 aliphatic heterocycles. The molecule has 0 aliphatic carbocycles. The number of amides is 1. The summed E-state index contributed by atoms with van der Waals surface area (Å²) < 4.78 is 0. The summed E-state index contributed by atoms with van der Waals surface area (Å²) in [6.45, 7) is 16.0. The minimum Gasteiger partial charge on any atom is -0.353 e. The SMILES string of the molecule is CCN(CC)CCCC(C)NC(=O)C1(C(C)C)CCNC1. The van der Waals surface area contributed by atoms with Crippen molar-refractivity contribution in [2.45, 2.75) is 59.9 Å². The van der Waals surface area contributed by atoms with E-state index < -0.39 is 0 Å². The zero-order chi connectivity index (χ0) is 15.9. The highest BCUT2D eigenvalue weighted by atomic mass is 16.2. The standard InChI is InChI=1S/C17H35N3O/c1-6-20(7-2)12-8-9-15(5)19-16(21)17(14(3)4)10-11-18-13-17/h14-15,18H,6-13H2,1-5H3,(H,19,21). The average Bonchev–Trinajstić information content (AvgIpc) is 2.94. The maximum absolute atomic E-state index is 12.7. The van der Waals surface area contributed by atoms with Gasteiger partial charge in [0.15, 0.2) is 0 Å². The van der Waals surface area contributed by atoms with E-state index in [0.29, 0.717) is 5.92 Å². The van der Waals surface area contributed by atoms with Gasteiger partial charge < -0.3 is 15.5 Å². The summed E-state index contributed by atoms with van der Waals surface area (Å²) in [4.78, 5) is 15.1. The Morgan fingerprint density at radius 3 is 2.43 bits per heavy atom. The van der Waals surface area contributed by atoms with Crippen molar-refractivity contribution in [2.75, 3.05) is 32.7 Å². The van der Waals surface area contributed by atoms with Gasteiger partial charge in [-0.1, -0.05) is 27.7 Å². The fraction of sp³-hybridized carbons (Fsp3) is 0.941. The number of carbonyl (C=O) groups is 1. The average molecular weight is 297 g/mol. The van der Waals surface area contributed by atoms with Gasteiger partial charge in [-0.05, 0) is 58.3 Å². The smallest absolute Gasteiger partial charge is 0.228 e. The zero-order valence-electron chi connectivity index (χ0n) is 14.7. The number of nitrogens with zero attached hydrogens (tertiary/aromatic N) is 1. The van der Waals surface area contributed by atoms with E-state index in [1.807, 2.05) is 0 Å². The number of hydrogen-bond acceptors (Lipinski definition) is 3. The molecule has 1 heterocycles. The minimum atomic E-state index is -0.201. The van der Waals surface area contributed by atoms with Crippen molar-refractivity contribution in [1.29, 1.82) is 0 Å². The van der Waals surface area contributed by atoms with Gasteiger partial charge >= 0.3 is 0 Å². The Hall–Kier alpha value is -0.610. The molecule has 0 saturated carbocycles. The van der Waals surface area contributed by atoms with E-state index in [-0.39, 0.29) is 17.4 Å². The van der Waals surface area contributed by atoms with Crippen LogP contribution in [0.3, 0.4) is 0 Å². The third-order valence-corrected chi connectivity index (χ3v) is 5.13. The highest BCUT2D eigenvalue weighted by molar-refractivity contribution is 5.83. The van der Waals surface area contributed by atoms with E-state index in [1.165, 1.54) is 0 Å². The molecule has 1 rings (SSSR count). The lowest BCUT2D eigenvalue weighted by atomic mass is 9.75. The first-order valence-corrected chi connectivity index (χ1v) is 8.70. The Morgan fingerprint density at radius 2 is 1.95 bits per heavy atom. The summed E-state index contributed by atoms with van der Waals surface area (Å²) in [5.41, 5.74) is -0.201. The molecule has 21 heavy (non-hydrogen) atoms. The van der Waals surface area contributed by atoms with E-state index in [9.17, 15) is 4.79 Å². The molecule has 0 aromatic carbocycles. The van der Waals surface area contributed by atoms with Crippen LogP contribution in [0.2, 0.25) is 0 Å². The summed E-state index contributed by atoms with van der Waals surface area (Å²) in [5.74, 6) is 0.633. The normalized spacial score (nSPS) is 23.8. The van der Waals surface area contributed by atoms with E-state index in [4.69, 9.17) is 0 Å². The molecule has 124 valence electrons. The van der Waals surface area contributed by atoms with Gasteiger partial charge in [-0.3, -0.25) is 4.79 Å². The van der Waals surface area contributed by atoms with Crippen LogP contribution in [-0.2, 0) is 4.79 Å². The summed E-state index contributed by atoms with van der Waals surface area (Å²) >= 11 is 0. The number of rotatable bonds is 9. The Morgan fingerprint density at radius 1 is 1.29 bits per heavy atom. The molecule has 4 heteroatoms. The maximum atomic E-state index is 12.7. The Bertz CT molecular complexity index is 307. The predicted molar refractivity (Wildman–Crippen MR) is 89.4 cm³/mol. The van der Waals surface area contributed by atoms with Gasteiger partial charge in [0.2, 0.25) is 5.91 Å². The van der Waals surface area contributed by atoms with Gasteiger partial charge in [-0.25, -0.2) is 0 Å². The number of nitrogens with one attached hydrogen (secondary N) is 2. The third-order valence-electron chi connectivity index (χ3n) is 5.13. The molecular formula is C17H35N3O. The number of hydrogen-bond donors (Lipinski definition) is 2. The molecule has 1 saturated heterocycles. The lowest BCUT2D eigenvalue weighted by Crippen LogP contribution is -2.48. The van der Waals surface area contributed by atoms with E-state index >= 15 is 0 Å². The van der Waals surface area contributed by atoms with Gasteiger partial charge in [-0.2, -0.15) is 0 Å². The lowest BCUT2D eigenvalue weighted by molar-refractivity contribution is -0.133.